The lowest BCUT2D eigenvalue weighted by Crippen LogP contribution is -2.48. The van der Waals surface area contributed by atoms with Gasteiger partial charge in [0.15, 0.2) is 11.6 Å². The number of aliphatic imine (C=N–C) groups is 2. The Morgan fingerprint density at radius 1 is 0.295 bits per heavy atom. The first-order valence-corrected chi connectivity index (χ1v) is 50.3. The number of alkyl carbamates (subject to hydrolysis) is 6. The molecular weight excluding hydrogens is 1790 g/mol. The summed E-state index contributed by atoms with van der Waals surface area (Å²) in [5.74, 6) is -1.52. The van der Waals surface area contributed by atoms with Crippen molar-refractivity contribution in [3.8, 4) is 5.75 Å². The number of aryl methyl sites for hydroxylation is 1. The van der Waals surface area contributed by atoms with E-state index in [0.717, 1.165) is 19.3 Å². The molecule has 6 atom stereocenters. The molecule has 1 rings (SSSR count). The molecule has 0 radical (unpaired) electrons. The van der Waals surface area contributed by atoms with Gasteiger partial charge in [-0.3, -0.25) is 33.7 Å². The van der Waals surface area contributed by atoms with Crippen molar-refractivity contribution in [2.75, 3.05) is 59.0 Å². The summed E-state index contributed by atoms with van der Waals surface area (Å²) in [5.41, 5.74) is 1.69. The molecular formula is C102H180N14O23. The summed E-state index contributed by atoms with van der Waals surface area (Å²) >= 11 is 0. The quantitative estimate of drug-likeness (QED) is 0.0164. The molecule has 1 aromatic rings. The predicted molar refractivity (Wildman–Crippen MR) is 539 cm³/mol. The second kappa shape index (κ2) is 65.2. The summed E-state index contributed by atoms with van der Waals surface area (Å²) in [6, 6.07) is 2.21. The Balaban J connectivity index is 3.27. The first kappa shape index (κ1) is 127. The molecule has 796 valence electrons. The summed E-state index contributed by atoms with van der Waals surface area (Å²) in [5, 5.41) is 28.2. The van der Waals surface area contributed by atoms with Gasteiger partial charge in [-0.15, -0.1) is 0 Å². The van der Waals surface area contributed by atoms with Crippen molar-refractivity contribution in [3.05, 3.63) is 29.8 Å². The van der Waals surface area contributed by atoms with Crippen LogP contribution in [0, 0.1) is 0 Å². The van der Waals surface area contributed by atoms with Crippen LogP contribution in [-0.4, -0.2) is 240 Å². The third kappa shape index (κ3) is 71.2. The number of hydrogen-bond acceptors (Lipinski definition) is 25. The number of ketones is 2. The molecule has 0 aliphatic rings. The fourth-order valence-electron chi connectivity index (χ4n) is 13.9. The van der Waals surface area contributed by atoms with Gasteiger partial charge in [-0.05, 0) is 352 Å². The molecule has 37 nitrogen and oxygen atoms in total. The molecule has 0 heterocycles. The standard InChI is InChI=1S/C102H180N14O23/c1-71(108-87(123)132-95(3,4)5)47-31-27-33-52-77(112-91(127)136-99(15,16)17)83(119)104-63-43-40-50-75(110-89(125)134-97(9,10)11)81(117)56-37-29-35-54-79(114-93(129)138-101(21,22)23)85(121)106-65-45-67-116(69-70-131-74-60-58-73(59-61-74)49-39-42-62-103)68-46-66-107-86(122)80(115-94(130)139-102(24,25)26)55-36-30-38-57-82(118)76(111-90(126)135-98(12,13)14)51-41-44-64-105-84(120)78(113-92(128)137-100(18,19)20)53-34-28-32-48-72(2)109-88(124)133-96(6,7)8/h58-61,75-80H,27-57,62-70,103H2,1-26H3,(H,104,119)(H,105,120)(H,106,121)(H,107,122)(H,110,125)(H,111,126)(H,112,127)(H,113,128)(H,114,129)(H,115,130)/t75-,76-,77-,78-,79-,80-/m0/s1. The molecule has 0 unspecified atom stereocenters. The molecule has 12 N–H and O–H groups in total. The molecule has 0 aliphatic heterocycles. The van der Waals surface area contributed by atoms with Gasteiger partial charge < -0.3 is 102 Å². The molecule has 0 saturated heterocycles. The third-order valence-electron chi connectivity index (χ3n) is 20.3. The Morgan fingerprint density at radius 2 is 0.547 bits per heavy atom. The monoisotopic (exact) mass is 1970 g/mol. The minimum Gasteiger partial charge on any atom is -0.492 e. The van der Waals surface area contributed by atoms with Crippen molar-refractivity contribution in [1.82, 2.24) is 58.1 Å². The van der Waals surface area contributed by atoms with E-state index in [1.54, 1.807) is 180 Å². The van der Waals surface area contributed by atoms with Gasteiger partial charge >= 0.3 is 48.7 Å². The molecule has 0 fully saturated rings. The molecule has 37 heteroatoms. The predicted octanol–water partition coefficient (Wildman–Crippen LogP) is 17.3. The van der Waals surface area contributed by atoms with Crippen LogP contribution < -0.4 is 63.6 Å². The van der Waals surface area contributed by atoms with Crippen molar-refractivity contribution in [3.63, 3.8) is 0 Å². The number of unbranched alkanes of at least 4 members (excludes halogenated alkanes) is 11. The smallest absolute Gasteiger partial charge is 0.434 e. The molecule has 0 bridgehead atoms. The Morgan fingerprint density at radius 3 is 0.820 bits per heavy atom. The summed E-state index contributed by atoms with van der Waals surface area (Å²) in [6.45, 7) is 48.1. The summed E-state index contributed by atoms with van der Waals surface area (Å²) in [7, 11) is 0. The number of carbonyl (C=O) groups excluding carboxylic acids is 14. The van der Waals surface area contributed by atoms with Crippen LogP contribution in [0.2, 0.25) is 0 Å². The molecule has 139 heavy (non-hydrogen) atoms. The van der Waals surface area contributed by atoms with E-state index in [9.17, 15) is 67.1 Å². The van der Waals surface area contributed by atoms with Crippen LogP contribution in [0.4, 0.5) is 38.4 Å². The Kier molecular flexibility index (Phi) is 59.6. The molecule has 0 aliphatic carbocycles. The van der Waals surface area contributed by atoms with E-state index >= 15 is 0 Å². The van der Waals surface area contributed by atoms with Gasteiger partial charge in [0.1, 0.15) is 81.3 Å². The van der Waals surface area contributed by atoms with Crippen LogP contribution in [-0.2, 0) is 73.1 Å². The van der Waals surface area contributed by atoms with Gasteiger partial charge in [0, 0.05) is 57.0 Å². The fraction of sp³-hybridized carbons (Fsp3) is 0.784. The van der Waals surface area contributed by atoms with E-state index in [1.807, 2.05) is 24.3 Å². The van der Waals surface area contributed by atoms with Crippen molar-refractivity contribution < 1.29 is 110 Å². The number of carbonyl (C=O) groups is 14. The maximum absolute atomic E-state index is 14.2. The number of nitrogens with one attached hydrogen (secondary N) is 10. The van der Waals surface area contributed by atoms with Crippen molar-refractivity contribution >= 4 is 95.4 Å². The summed E-state index contributed by atoms with van der Waals surface area (Å²) in [6.07, 6.45) is 8.55. The molecule has 0 aromatic heterocycles. The minimum atomic E-state index is -1.01. The Bertz CT molecular complexity index is 3730. The molecule has 0 saturated carbocycles. The van der Waals surface area contributed by atoms with E-state index in [-0.39, 0.29) is 76.3 Å². The average Bonchev–Trinajstić information content (AvgIpc) is 0.993. The van der Waals surface area contributed by atoms with Gasteiger partial charge in [0.05, 0.1) is 12.1 Å². The number of hydrogen-bond donors (Lipinski definition) is 11. The summed E-state index contributed by atoms with van der Waals surface area (Å²) in [4.78, 5) is 197. The first-order chi connectivity index (χ1) is 64.5. The molecule has 1 aromatic carbocycles. The fourth-order valence-corrected chi connectivity index (χ4v) is 13.9. The van der Waals surface area contributed by atoms with E-state index in [2.05, 4.69) is 68.1 Å². The van der Waals surface area contributed by atoms with Crippen molar-refractivity contribution in [1.29, 1.82) is 0 Å². The van der Waals surface area contributed by atoms with Crippen LogP contribution in [0.1, 0.15) is 378 Å². The van der Waals surface area contributed by atoms with Crippen molar-refractivity contribution in [2.45, 2.75) is 460 Å². The van der Waals surface area contributed by atoms with Gasteiger partial charge in [-0.25, -0.2) is 38.4 Å². The van der Waals surface area contributed by atoms with Crippen LogP contribution in [0.5, 0.6) is 5.75 Å². The van der Waals surface area contributed by atoms with E-state index < -0.39 is 153 Å². The SMILES string of the molecule is CC(CCCCC[C@H](NC(=O)OC(C)(C)C)C(=O)NCCCC[C@H](NC(=O)OC(C)(C)C)C(=O)CCCCC[C@H](NC(=O)OC(C)(C)C)C(=O)NCCCN(CCCNC(=O)[C@H](CCCCCC(=O)[C@H](CCCCNC(=O)[C@H](CCCCCC(C)=NC(=O)OC(C)(C)C)NC(=O)OC(C)(C)C)NC(=O)OC(C)(C)C)NC(=O)OC(C)(C)C)CCOc1ccc(CCCCN)cc1)=NC(=O)OC(C)(C)C. The zero-order chi connectivity index (χ0) is 105. The number of ether oxygens (including phenoxy) is 9. The second-order valence-electron chi connectivity index (χ2n) is 43.6. The number of amides is 12. The normalized spacial score (nSPS) is 13.7. The zero-order valence-electron chi connectivity index (χ0n) is 89.4. The highest BCUT2D eigenvalue weighted by Crippen LogP contribution is 2.23. The minimum absolute atomic E-state index is 0.0717. The van der Waals surface area contributed by atoms with Crippen LogP contribution in [0.25, 0.3) is 0 Å². The largest absolute Gasteiger partial charge is 0.492 e. The highest BCUT2D eigenvalue weighted by atomic mass is 16.6. The van der Waals surface area contributed by atoms with E-state index in [0.29, 0.717) is 191 Å². The second-order valence-corrected chi connectivity index (χ2v) is 43.6. The number of Topliss-reactive ketones (excluding diaryl/α,β-unsaturated/α-hetero) is 2. The van der Waals surface area contributed by atoms with Gasteiger partial charge in [-0.1, -0.05) is 63.5 Å². The van der Waals surface area contributed by atoms with Gasteiger partial charge in [-0.2, -0.15) is 9.98 Å². The number of nitrogens with two attached hydrogens (primary N) is 1. The maximum atomic E-state index is 14.2. The van der Waals surface area contributed by atoms with E-state index in [4.69, 9.17) is 48.4 Å². The third-order valence-corrected chi connectivity index (χ3v) is 20.3. The van der Waals surface area contributed by atoms with E-state index in [1.165, 1.54) is 5.56 Å². The van der Waals surface area contributed by atoms with Gasteiger partial charge in [0.25, 0.3) is 0 Å². The van der Waals surface area contributed by atoms with Gasteiger partial charge in [0.2, 0.25) is 23.6 Å². The molecule has 12 amide bonds. The lowest BCUT2D eigenvalue weighted by Gasteiger charge is -2.25. The first-order valence-electron chi connectivity index (χ1n) is 50.3. The Labute approximate surface area is 829 Å². The lowest BCUT2D eigenvalue weighted by atomic mass is 9.99. The number of nitrogens with zero attached hydrogens (tertiary/aromatic N) is 3. The lowest BCUT2D eigenvalue weighted by molar-refractivity contribution is -0.124. The average molecular weight is 1970 g/mol. The van der Waals surface area contributed by atoms with Crippen molar-refractivity contribution in [2.24, 2.45) is 15.7 Å². The maximum Gasteiger partial charge on any atom is 0.434 e. The van der Waals surface area contributed by atoms with Crippen LogP contribution in [0.15, 0.2) is 34.3 Å². The van der Waals surface area contributed by atoms with Crippen LogP contribution in [0.3, 0.4) is 0 Å². The highest BCUT2D eigenvalue weighted by molar-refractivity contribution is 5.93. The Hall–Kier alpha value is -9.94. The van der Waals surface area contributed by atoms with Crippen LogP contribution >= 0.6 is 0 Å². The topological polar surface area (TPSA) is 496 Å². The zero-order valence-corrected chi connectivity index (χ0v) is 89.4. The molecule has 0 spiro atoms. The highest BCUT2D eigenvalue weighted by Gasteiger charge is 2.33. The summed E-state index contributed by atoms with van der Waals surface area (Å²) < 4.78 is 50.1. The number of rotatable bonds is 62. The number of benzene rings is 1.